The molecule has 1 heterocycles. The first-order chi connectivity index (χ1) is 10.6. The molecule has 4 N–H and O–H groups in total. The molecule has 2 aromatic rings. The van der Waals surface area contributed by atoms with E-state index in [-0.39, 0.29) is 17.9 Å². The number of amides is 1. The van der Waals surface area contributed by atoms with E-state index in [0.29, 0.717) is 19.4 Å². The topological polar surface area (TPSA) is 93.2 Å². The van der Waals surface area contributed by atoms with Crippen molar-refractivity contribution in [2.24, 2.45) is 11.7 Å². The normalized spacial score (nSPS) is 24.4. The van der Waals surface area contributed by atoms with E-state index in [9.17, 15) is 9.90 Å². The van der Waals surface area contributed by atoms with E-state index >= 15 is 0 Å². The molecule has 6 heteroatoms. The van der Waals surface area contributed by atoms with Crippen LogP contribution in [0, 0.1) is 5.92 Å². The van der Waals surface area contributed by atoms with Gasteiger partial charge in [0.25, 0.3) is 0 Å². The van der Waals surface area contributed by atoms with Gasteiger partial charge >= 0.3 is 0 Å². The van der Waals surface area contributed by atoms with Crippen LogP contribution in [-0.4, -0.2) is 32.9 Å². The lowest BCUT2D eigenvalue weighted by molar-refractivity contribution is -0.125. The van der Waals surface area contributed by atoms with Crippen molar-refractivity contribution in [2.75, 3.05) is 0 Å². The number of aromatic nitrogens is 2. The van der Waals surface area contributed by atoms with E-state index in [2.05, 4.69) is 10.4 Å². The SMILES string of the molecule is N[C@H]1C[C@H](C(=O)NCc2ccccc2-n2cccn2)C[C@@H]1O. The molecule has 0 spiro atoms. The minimum absolute atomic E-state index is 0.0535. The van der Waals surface area contributed by atoms with Crippen LogP contribution in [0.4, 0.5) is 0 Å². The Morgan fingerprint density at radius 3 is 2.86 bits per heavy atom. The van der Waals surface area contributed by atoms with E-state index in [4.69, 9.17) is 5.73 Å². The van der Waals surface area contributed by atoms with Gasteiger partial charge in [0.05, 0.1) is 11.8 Å². The van der Waals surface area contributed by atoms with Crippen molar-refractivity contribution >= 4 is 5.91 Å². The predicted octanol–water partition coefficient (Wildman–Crippen LogP) is 0.587. The molecule has 0 saturated heterocycles. The fourth-order valence-electron chi connectivity index (χ4n) is 2.88. The van der Waals surface area contributed by atoms with Gasteiger partial charge in [0, 0.05) is 30.9 Å². The Hall–Kier alpha value is -2.18. The number of carbonyl (C=O) groups excluding carboxylic acids is 1. The van der Waals surface area contributed by atoms with Crippen molar-refractivity contribution in [3.05, 3.63) is 48.3 Å². The van der Waals surface area contributed by atoms with Gasteiger partial charge in [-0.2, -0.15) is 5.10 Å². The van der Waals surface area contributed by atoms with Gasteiger partial charge in [-0.3, -0.25) is 4.79 Å². The zero-order chi connectivity index (χ0) is 15.5. The number of rotatable bonds is 4. The maximum atomic E-state index is 12.2. The van der Waals surface area contributed by atoms with Crippen molar-refractivity contribution in [3.8, 4) is 5.69 Å². The molecule has 116 valence electrons. The molecule has 0 aliphatic heterocycles. The summed E-state index contributed by atoms with van der Waals surface area (Å²) in [6, 6.07) is 9.36. The first-order valence-electron chi connectivity index (χ1n) is 7.44. The number of aliphatic hydroxyl groups excluding tert-OH is 1. The van der Waals surface area contributed by atoms with Crippen molar-refractivity contribution < 1.29 is 9.90 Å². The van der Waals surface area contributed by atoms with Gasteiger partial charge in [-0.15, -0.1) is 0 Å². The van der Waals surface area contributed by atoms with Crippen LogP contribution >= 0.6 is 0 Å². The van der Waals surface area contributed by atoms with E-state index in [1.165, 1.54) is 0 Å². The van der Waals surface area contributed by atoms with Gasteiger partial charge in [0.1, 0.15) is 0 Å². The fraction of sp³-hybridized carbons (Fsp3) is 0.375. The summed E-state index contributed by atoms with van der Waals surface area (Å²) >= 11 is 0. The van der Waals surface area contributed by atoms with E-state index in [0.717, 1.165) is 11.3 Å². The molecular weight excluding hydrogens is 280 g/mol. The third kappa shape index (κ3) is 3.03. The van der Waals surface area contributed by atoms with Gasteiger partial charge in [0.15, 0.2) is 0 Å². The van der Waals surface area contributed by atoms with E-state index in [1.54, 1.807) is 10.9 Å². The number of carbonyl (C=O) groups is 1. The molecule has 1 aliphatic rings. The summed E-state index contributed by atoms with van der Waals surface area (Å²) in [5, 5.41) is 16.8. The molecule has 1 saturated carbocycles. The Kier molecular flexibility index (Phi) is 4.22. The lowest BCUT2D eigenvalue weighted by Crippen LogP contribution is -2.30. The van der Waals surface area contributed by atoms with Crippen LogP contribution in [0.5, 0.6) is 0 Å². The number of nitrogens with one attached hydrogen (secondary N) is 1. The van der Waals surface area contributed by atoms with Crippen LogP contribution < -0.4 is 11.1 Å². The summed E-state index contributed by atoms with van der Waals surface area (Å²) in [4.78, 5) is 12.2. The Bertz CT molecular complexity index is 631. The van der Waals surface area contributed by atoms with E-state index in [1.807, 2.05) is 36.5 Å². The second-order valence-corrected chi connectivity index (χ2v) is 5.70. The lowest BCUT2D eigenvalue weighted by atomic mass is 10.1. The first-order valence-corrected chi connectivity index (χ1v) is 7.44. The zero-order valence-electron chi connectivity index (χ0n) is 12.2. The number of nitrogens with zero attached hydrogens (tertiary/aromatic N) is 2. The Labute approximate surface area is 128 Å². The van der Waals surface area contributed by atoms with Crippen LogP contribution in [0.1, 0.15) is 18.4 Å². The monoisotopic (exact) mass is 300 g/mol. The summed E-state index contributed by atoms with van der Waals surface area (Å²) < 4.78 is 1.77. The van der Waals surface area contributed by atoms with Crippen LogP contribution in [-0.2, 0) is 11.3 Å². The number of hydrogen-bond acceptors (Lipinski definition) is 4. The highest BCUT2D eigenvalue weighted by Crippen LogP contribution is 2.25. The van der Waals surface area contributed by atoms with Crippen molar-refractivity contribution in [2.45, 2.75) is 31.5 Å². The molecule has 1 amide bonds. The average molecular weight is 300 g/mol. The molecular formula is C16H20N4O2. The standard InChI is InChI=1S/C16H20N4O2/c17-13-8-12(9-15(13)21)16(22)18-10-11-4-1-2-5-14(11)20-7-3-6-19-20/h1-7,12-13,15,21H,8-10,17H2,(H,18,22)/t12-,13-,15-/m0/s1. The zero-order valence-corrected chi connectivity index (χ0v) is 12.2. The second kappa shape index (κ2) is 6.29. The highest BCUT2D eigenvalue weighted by Gasteiger charge is 2.34. The number of nitrogens with two attached hydrogens (primary N) is 1. The molecule has 1 aliphatic carbocycles. The van der Waals surface area contributed by atoms with Gasteiger partial charge in [-0.25, -0.2) is 4.68 Å². The quantitative estimate of drug-likeness (QED) is 0.770. The molecule has 1 aromatic carbocycles. The Morgan fingerprint density at radius 1 is 1.36 bits per heavy atom. The van der Waals surface area contributed by atoms with E-state index < -0.39 is 6.10 Å². The van der Waals surface area contributed by atoms with Gasteiger partial charge in [-0.1, -0.05) is 18.2 Å². The predicted molar refractivity (Wildman–Crippen MR) is 82.1 cm³/mol. The van der Waals surface area contributed by atoms with Gasteiger partial charge < -0.3 is 16.2 Å². The average Bonchev–Trinajstić information content (AvgIpc) is 3.16. The minimum atomic E-state index is -0.577. The Balaban J connectivity index is 1.66. The molecule has 0 bridgehead atoms. The highest BCUT2D eigenvalue weighted by molar-refractivity contribution is 5.79. The van der Waals surface area contributed by atoms with Crippen molar-refractivity contribution in [1.29, 1.82) is 0 Å². The van der Waals surface area contributed by atoms with Crippen molar-refractivity contribution in [3.63, 3.8) is 0 Å². The molecule has 6 nitrogen and oxygen atoms in total. The van der Waals surface area contributed by atoms with Crippen molar-refractivity contribution in [1.82, 2.24) is 15.1 Å². The summed E-state index contributed by atoms with van der Waals surface area (Å²) in [7, 11) is 0. The second-order valence-electron chi connectivity index (χ2n) is 5.70. The molecule has 1 aromatic heterocycles. The summed E-state index contributed by atoms with van der Waals surface area (Å²) in [5.74, 6) is -0.260. The number of aliphatic hydroxyl groups is 1. The molecule has 1 fully saturated rings. The first kappa shape index (κ1) is 14.7. The molecule has 3 atom stereocenters. The maximum Gasteiger partial charge on any atom is 0.223 e. The number of para-hydroxylation sites is 1. The van der Waals surface area contributed by atoms with Gasteiger partial charge in [0.2, 0.25) is 5.91 Å². The molecule has 22 heavy (non-hydrogen) atoms. The number of benzene rings is 1. The molecule has 0 radical (unpaired) electrons. The third-order valence-corrected chi connectivity index (χ3v) is 4.14. The third-order valence-electron chi connectivity index (χ3n) is 4.14. The summed E-state index contributed by atoms with van der Waals surface area (Å²) in [6.45, 7) is 0.427. The maximum absolute atomic E-state index is 12.2. The smallest absolute Gasteiger partial charge is 0.223 e. The van der Waals surface area contributed by atoms with Crippen LogP contribution in [0.3, 0.4) is 0 Å². The van der Waals surface area contributed by atoms with Crippen LogP contribution in [0.15, 0.2) is 42.7 Å². The molecule has 0 unspecified atom stereocenters. The summed E-state index contributed by atoms with van der Waals surface area (Å²) in [6.07, 6.45) is 3.98. The highest BCUT2D eigenvalue weighted by atomic mass is 16.3. The largest absolute Gasteiger partial charge is 0.391 e. The summed E-state index contributed by atoms with van der Waals surface area (Å²) in [5.41, 5.74) is 7.69. The Morgan fingerprint density at radius 2 is 2.18 bits per heavy atom. The van der Waals surface area contributed by atoms with Crippen LogP contribution in [0.25, 0.3) is 5.69 Å². The minimum Gasteiger partial charge on any atom is -0.391 e. The lowest BCUT2D eigenvalue weighted by Gasteiger charge is -2.13. The van der Waals surface area contributed by atoms with Gasteiger partial charge in [-0.05, 0) is 30.5 Å². The fourth-order valence-corrected chi connectivity index (χ4v) is 2.88. The molecule has 3 rings (SSSR count). The van der Waals surface area contributed by atoms with Crippen LogP contribution in [0.2, 0.25) is 0 Å². The number of hydrogen-bond donors (Lipinski definition) is 3.